The van der Waals surface area contributed by atoms with Crippen molar-refractivity contribution in [1.29, 1.82) is 0 Å². The summed E-state index contributed by atoms with van der Waals surface area (Å²) in [5.74, 6) is 0.644. The molecule has 0 saturated carbocycles. The number of ether oxygens (including phenoxy) is 1. The Hall–Kier alpha value is -2.56. The van der Waals surface area contributed by atoms with Crippen LogP contribution in [0.5, 0.6) is 5.75 Å². The molecule has 0 aliphatic rings. The highest BCUT2D eigenvalue weighted by Gasteiger charge is 2.05. The highest BCUT2D eigenvalue weighted by atomic mass is 16.5. The average Bonchev–Trinajstić information content (AvgIpc) is 2.94. The Kier molecular flexibility index (Phi) is 4.55. The third-order valence-electron chi connectivity index (χ3n) is 2.38. The molecule has 0 fully saturated rings. The molecule has 2 aromatic rings. The number of nitrogens with one attached hydrogen (secondary N) is 1. The molecule has 20 heavy (non-hydrogen) atoms. The standard InChI is InChI=1S/C15H16N2O3/c1-11(2)20-13-7-5-12(6-8-13)10-16-17-15(18)14-4-3-9-19-14/h3-11H,1-2H3,(H,17,18). The summed E-state index contributed by atoms with van der Waals surface area (Å²) in [6.45, 7) is 3.94. The van der Waals surface area contributed by atoms with Gasteiger partial charge in [0.2, 0.25) is 0 Å². The molecule has 1 aromatic heterocycles. The van der Waals surface area contributed by atoms with Crippen molar-refractivity contribution < 1.29 is 13.9 Å². The van der Waals surface area contributed by atoms with Gasteiger partial charge >= 0.3 is 5.91 Å². The smallest absolute Gasteiger partial charge is 0.307 e. The van der Waals surface area contributed by atoms with Gasteiger partial charge in [0.15, 0.2) is 5.76 Å². The second-order valence-corrected chi connectivity index (χ2v) is 4.41. The fourth-order valence-corrected chi connectivity index (χ4v) is 1.53. The van der Waals surface area contributed by atoms with Crippen LogP contribution in [0.3, 0.4) is 0 Å². The molecule has 0 aliphatic carbocycles. The van der Waals surface area contributed by atoms with E-state index in [1.807, 2.05) is 38.1 Å². The number of carbonyl (C=O) groups is 1. The van der Waals surface area contributed by atoms with Gasteiger partial charge in [-0.2, -0.15) is 5.10 Å². The summed E-state index contributed by atoms with van der Waals surface area (Å²) in [5, 5.41) is 3.86. The molecular weight excluding hydrogens is 256 g/mol. The number of hydrogen-bond acceptors (Lipinski definition) is 4. The van der Waals surface area contributed by atoms with Gasteiger partial charge in [-0.25, -0.2) is 5.43 Å². The average molecular weight is 272 g/mol. The second-order valence-electron chi connectivity index (χ2n) is 4.41. The van der Waals surface area contributed by atoms with Crippen molar-refractivity contribution in [3.05, 3.63) is 54.0 Å². The van der Waals surface area contributed by atoms with Crippen molar-refractivity contribution in [2.75, 3.05) is 0 Å². The van der Waals surface area contributed by atoms with Crippen molar-refractivity contribution in [2.24, 2.45) is 5.10 Å². The molecule has 5 heteroatoms. The fourth-order valence-electron chi connectivity index (χ4n) is 1.53. The highest BCUT2D eigenvalue weighted by molar-refractivity contribution is 5.92. The van der Waals surface area contributed by atoms with Gasteiger partial charge in [-0.05, 0) is 55.8 Å². The maximum Gasteiger partial charge on any atom is 0.307 e. The maximum atomic E-state index is 11.5. The number of rotatable bonds is 5. The second kappa shape index (κ2) is 6.56. The molecule has 0 bridgehead atoms. The van der Waals surface area contributed by atoms with Gasteiger partial charge in [-0.3, -0.25) is 4.79 Å². The first-order valence-corrected chi connectivity index (χ1v) is 6.29. The Balaban J connectivity index is 1.89. The first-order valence-electron chi connectivity index (χ1n) is 6.29. The Labute approximate surface area is 117 Å². The molecule has 1 N–H and O–H groups in total. The highest BCUT2D eigenvalue weighted by Crippen LogP contribution is 2.12. The zero-order valence-electron chi connectivity index (χ0n) is 11.4. The molecule has 0 unspecified atom stereocenters. The Morgan fingerprint density at radius 3 is 2.65 bits per heavy atom. The summed E-state index contributed by atoms with van der Waals surface area (Å²) < 4.78 is 10.5. The minimum Gasteiger partial charge on any atom is -0.491 e. The lowest BCUT2D eigenvalue weighted by atomic mass is 10.2. The van der Waals surface area contributed by atoms with Crippen LogP contribution in [0.25, 0.3) is 0 Å². The summed E-state index contributed by atoms with van der Waals surface area (Å²) in [7, 11) is 0. The normalized spacial score (nSPS) is 10.9. The van der Waals surface area contributed by atoms with Gasteiger partial charge in [0.1, 0.15) is 5.75 Å². The quantitative estimate of drug-likeness (QED) is 0.672. The van der Waals surface area contributed by atoms with Gasteiger partial charge in [0, 0.05) is 0 Å². The number of hydrogen-bond donors (Lipinski definition) is 1. The van der Waals surface area contributed by atoms with E-state index in [2.05, 4.69) is 10.5 Å². The van der Waals surface area contributed by atoms with Crippen molar-refractivity contribution in [3.8, 4) is 5.75 Å². The van der Waals surface area contributed by atoms with Crippen molar-refractivity contribution in [2.45, 2.75) is 20.0 Å². The van der Waals surface area contributed by atoms with Gasteiger partial charge < -0.3 is 9.15 Å². The largest absolute Gasteiger partial charge is 0.491 e. The Morgan fingerprint density at radius 1 is 1.30 bits per heavy atom. The zero-order valence-corrected chi connectivity index (χ0v) is 11.4. The summed E-state index contributed by atoms with van der Waals surface area (Å²) in [4.78, 5) is 11.5. The van der Waals surface area contributed by atoms with E-state index in [0.29, 0.717) is 0 Å². The van der Waals surface area contributed by atoms with E-state index < -0.39 is 0 Å². The van der Waals surface area contributed by atoms with Crippen LogP contribution in [0, 0.1) is 0 Å². The molecule has 1 aromatic carbocycles. The van der Waals surface area contributed by atoms with Crippen LogP contribution in [0.2, 0.25) is 0 Å². The Bertz CT molecular complexity index is 572. The van der Waals surface area contributed by atoms with Crippen LogP contribution in [-0.4, -0.2) is 18.2 Å². The van der Waals surface area contributed by atoms with E-state index in [9.17, 15) is 4.79 Å². The number of amides is 1. The molecule has 1 amide bonds. The van der Waals surface area contributed by atoms with Crippen LogP contribution in [0.15, 0.2) is 52.2 Å². The van der Waals surface area contributed by atoms with Crippen LogP contribution in [-0.2, 0) is 0 Å². The third kappa shape index (κ3) is 3.98. The molecule has 0 saturated heterocycles. The van der Waals surface area contributed by atoms with E-state index in [-0.39, 0.29) is 17.8 Å². The van der Waals surface area contributed by atoms with Crippen molar-refractivity contribution in [1.82, 2.24) is 5.43 Å². The van der Waals surface area contributed by atoms with Gasteiger partial charge in [-0.15, -0.1) is 0 Å². The van der Waals surface area contributed by atoms with E-state index in [4.69, 9.17) is 9.15 Å². The van der Waals surface area contributed by atoms with Gasteiger partial charge in [-0.1, -0.05) is 0 Å². The molecule has 0 atom stereocenters. The van der Waals surface area contributed by atoms with Crippen molar-refractivity contribution >= 4 is 12.1 Å². The number of benzene rings is 1. The molecule has 0 spiro atoms. The van der Waals surface area contributed by atoms with E-state index >= 15 is 0 Å². The summed E-state index contributed by atoms with van der Waals surface area (Å²) in [5.41, 5.74) is 3.25. The molecule has 5 nitrogen and oxygen atoms in total. The minimum atomic E-state index is -0.383. The molecule has 0 radical (unpaired) electrons. The first kappa shape index (κ1) is 13.9. The number of hydrazone groups is 1. The van der Waals surface area contributed by atoms with Crippen LogP contribution in [0.1, 0.15) is 30.0 Å². The topological polar surface area (TPSA) is 63.8 Å². The van der Waals surface area contributed by atoms with E-state index in [1.54, 1.807) is 18.3 Å². The van der Waals surface area contributed by atoms with E-state index in [1.165, 1.54) is 6.26 Å². The van der Waals surface area contributed by atoms with Crippen LogP contribution >= 0.6 is 0 Å². The maximum absolute atomic E-state index is 11.5. The lowest BCUT2D eigenvalue weighted by Gasteiger charge is -2.08. The molecule has 0 aliphatic heterocycles. The molecular formula is C15H16N2O3. The third-order valence-corrected chi connectivity index (χ3v) is 2.38. The number of furan rings is 1. The lowest BCUT2D eigenvalue weighted by Crippen LogP contribution is -2.16. The summed E-state index contributed by atoms with van der Waals surface area (Å²) in [6, 6.07) is 10.7. The summed E-state index contributed by atoms with van der Waals surface area (Å²) >= 11 is 0. The zero-order chi connectivity index (χ0) is 14.4. The first-order chi connectivity index (χ1) is 9.65. The monoisotopic (exact) mass is 272 g/mol. The fraction of sp³-hybridized carbons (Fsp3) is 0.200. The van der Waals surface area contributed by atoms with Gasteiger partial charge in [0.25, 0.3) is 0 Å². The molecule has 104 valence electrons. The SMILES string of the molecule is CC(C)Oc1ccc(C=NNC(=O)c2ccco2)cc1. The lowest BCUT2D eigenvalue weighted by molar-refractivity contribution is 0.0927. The van der Waals surface area contributed by atoms with Gasteiger partial charge in [0.05, 0.1) is 18.6 Å². The minimum absolute atomic E-state index is 0.141. The Morgan fingerprint density at radius 2 is 2.05 bits per heavy atom. The van der Waals surface area contributed by atoms with Crippen LogP contribution < -0.4 is 10.2 Å². The van der Waals surface area contributed by atoms with Crippen LogP contribution in [0.4, 0.5) is 0 Å². The molecule has 2 rings (SSSR count). The predicted molar refractivity (Wildman–Crippen MR) is 76.0 cm³/mol. The predicted octanol–water partition coefficient (Wildman–Crippen LogP) is 2.83. The number of nitrogens with zero attached hydrogens (tertiary/aromatic N) is 1. The van der Waals surface area contributed by atoms with Crippen molar-refractivity contribution in [3.63, 3.8) is 0 Å². The summed E-state index contributed by atoms with van der Waals surface area (Å²) in [6.07, 6.45) is 3.13. The molecule has 1 heterocycles. The van der Waals surface area contributed by atoms with E-state index in [0.717, 1.165) is 11.3 Å². The number of carbonyl (C=O) groups excluding carboxylic acids is 1.